The van der Waals surface area contributed by atoms with Gasteiger partial charge >= 0.3 is 0 Å². The number of anilines is 1. The molecule has 31 heavy (non-hydrogen) atoms. The van der Waals surface area contributed by atoms with Crippen LogP contribution in [0.1, 0.15) is 45.1 Å². The van der Waals surface area contributed by atoms with Crippen molar-refractivity contribution in [2.24, 2.45) is 0 Å². The molecular weight excluding hydrogens is 392 g/mol. The van der Waals surface area contributed by atoms with E-state index in [1.807, 2.05) is 37.3 Å². The van der Waals surface area contributed by atoms with Crippen LogP contribution >= 0.6 is 0 Å². The lowest BCUT2D eigenvalue weighted by Crippen LogP contribution is -2.30. The molecule has 0 atom stereocenters. The number of nitriles is 1. The predicted molar refractivity (Wildman–Crippen MR) is 123 cm³/mol. The molecule has 162 valence electrons. The molecular formula is C24H28N4O3. The van der Waals surface area contributed by atoms with E-state index in [4.69, 9.17) is 10.5 Å². The summed E-state index contributed by atoms with van der Waals surface area (Å²) >= 11 is 0. The van der Waals surface area contributed by atoms with Gasteiger partial charge in [-0.2, -0.15) is 5.26 Å². The molecule has 0 saturated carbocycles. The highest BCUT2D eigenvalue weighted by Crippen LogP contribution is 2.28. The normalized spacial score (nSPS) is 10.9. The van der Waals surface area contributed by atoms with Gasteiger partial charge in [-0.05, 0) is 48.7 Å². The van der Waals surface area contributed by atoms with Crippen molar-refractivity contribution in [3.8, 4) is 23.1 Å². The van der Waals surface area contributed by atoms with E-state index in [0.717, 1.165) is 31.2 Å². The molecule has 0 bridgehead atoms. The SMILES string of the molecule is CCCCn1c(N)c2c(=O)n(CCCC)c(-c3ccc(OC)cc3)cc2c(C#N)c1=O. The number of nitrogen functional groups attached to an aromatic ring is 1. The van der Waals surface area contributed by atoms with Crippen molar-refractivity contribution >= 4 is 16.6 Å². The maximum Gasteiger partial charge on any atom is 0.270 e. The van der Waals surface area contributed by atoms with Crippen molar-refractivity contribution in [3.63, 3.8) is 0 Å². The van der Waals surface area contributed by atoms with Crippen molar-refractivity contribution in [1.29, 1.82) is 5.26 Å². The second kappa shape index (κ2) is 9.52. The molecule has 3 aromatic rings. The fourth-order valence-electron chi connectivity index (χ4n) is 3.77. The molecule has 2 heterocycles. The third kappa shape index (κ3) is 4.06. The fraction of sp³-hybridized carbons (Fsp3) is 0.375. The summed E-state index contributed by atoms with van der Waals surface area (Å²) in [7, 11) is 1.59. The Hall–Kier alpha value is -3.53. The molecule has 0 saturated heterocycles. The molecule has 0 radical (unpaired) electrons. The Morgan fingerprint density at radius 1 is 1.00 bits per heavy atom. The molecule has 0 aliphatic carbocycles. The number of ether oxygens (including phenoxy) is 1. The Kier molecular flexibility index (Phi) is 6.81. The highest BCUT2D eigenvalue weighted by molar-refractivity contribution is 5.96. The van der Waals surface area contributed by atoms with Gasteiger partial charge in [0.25, 0.3) is 11.1 Å². The second-order valence-corrected chi connectivity index (χ2v) is 7.54. The van der Waals surface area contributed by atoms with Crippen LogP contribution in [-0.4, -0.2) is 16.2 Å². The maximum atomic E-state index is 13.6. The molecule has 0 unspecified atom stereocenters. The van der Waals surface area contributed by atoms with E-state index in [1.165, 1.54) is 4.57 Å². The number of methoxy groups -OCH3 is 1. The molecule has 2 aromatic heterocycles. The van der Waals surface area contributed by atoms with Crippen LogP contribution in [0.5, 0.6) is 5.75 Å². The van der Waals surface area contributed by atoms with E-state index in [2.05, 4.69) is 6.92 Å². The van der Waals surface area contributed by atoms with Gasteiger partial charge in [-0.25, -0.2) is 0 Å². The zero-order chi connectivity index (χ0) is 22.5. The average Bonchev–Trinajstić information content (AvgIpc) is 2.78. The number of nitrogens with zero attached hydrogens (tertiary/aromatic N) is 3. The largest absolute Gasteiger partial charge is 0.497 e. The molecule has 0 aliphatic heterocycles. The van der Waals surface area contributed by atoms with Crippen LogP contribution < -0.4 is 21.6 Å². The van der Waals surface area contributed by atoms with Crippen molar-refractivity contribution in [2.45, 2.75) is 52.6 Å². The van der Waals surface area contributed by atoms with Gasteiger partial charge in [0, 0.05) is 18.5 Å². The van der Waals surface area contributed by atoms with E-state index in [-0.39, 0.29) is 22.3 Å². The summed E-state index contributed by atoms with van der Waals surface area (Å²) in [6.45, 7) is 4.96. The Morgan fingerprint density at radius 2 is 1.61 bits per heavy atom. The number of nitrogens with two attached hydrogens (primary N) is 1. The minimum absolute atomic E-state index is 0.0465. The monoisotopic (exact) mass is 420 g/mol. The summed E-state index contributed by atoms with van der Waals surface area (Å²) in [6.07, 6.45) is 3.33. The van der Waals surface area contributed by atoms with E-state index in [9.17, 15) is 14.9 Å². The molecule has 2 N–H and O–H groups in total. The van der Waals surface area contributed by atoms with Crippen LogP contribution in [0.25, 0.3) is 22.0 Å². The number of unbranched alkanes of at least 4 members (excludes halogenated alkanes) is 2. The van der Waals surface area contributed by atoms with Crippen LogP contribution in [0.15, 0.2) is 39.9 Å². The number of fused-ring (bicyclic) bond motifs is 1. The number of hydrogen-bond acceptors (Lipinski definition) is 5. The summed E-state index contributed by atoms with van der Waals surface area (Å²) < 4.78 is 8.29. The Labute approximate surface area is 181 Å². The summed E-state index contributed by atoms with van der Waals surface area (Å²) in [5, 5.41) is 10.3. The highest BCUT2D eigenvalue weighted by Gasteiger charge is 2.21. The van der Waals surface area contributed by atoms with Gasteiger partial charge in [0.15, 0.2) is 0 Å². The van der Waals surface area contributed by atoms with Gasteiger partial charge in [-0.3, -0.25) is 14.2 Å². The summed E-state index contributed by atoms with van der Waals surface area (Å²) in [6, 6.07) is 11.1. The smallest absolute Gasteiger partial charge is 0.270 e. The minimum Gasteiger partial charge on any atom is -0.497 e. The van der Waals surface area contributed by atoms with Gasteiger partial charge in [0.1, 0.15) is 23.2 Å². The van der Waals surface area contributed by atoms with Crippen LogP contribution in [0.4, 0.5) is 5.82 Å². The first-order chi connectivity index (χ1) is 15.0. The van der Waals surface area contributed by atoms with Crippen LogP contribution in [0, 0.1) is 11.3 Å². The summed E-state index contributed by atoms with van der Waals surface area (Å²) in [5.41, 5.74) is 7.00. The number of aromatic nitrogens is 2. The zero-order valence-electron chi connectivity index (χ0n) is 18.3. The molecule has 7 heteroatoms. The van der Waals surface area contributed by atoms with Crippen molar-refractivity contribution in [1.82, 2.24) is 9.13 Å². The third-order valence-electron chi connectivity index (χ3n) is 5.54. The summed E-state index contributed by atoms with van der Waals surface area (Å²) in [5.74, 6) is 0.830. The Balaban J connectivity index is 2.41. The quantitative estimate of drug-likeness (QED) is 0.595. The standard InChI is InChI=1S/C24H28N4O3/c1-4-6-12-27-20(16-8-10-17(31-3)11-9-16)14-18-19(15-25)23(29)28(13-7-5-2)22(26)21(18)24(27)30/h8-11,14H,4-7,12-13,26H2,1-3H3. The molecule has 0 spiro atoms. The molecule has 0 aliphatic rings. The van der Waals surface area contributed by atoms with Crippen molar-refractivity contribution in [3.05, 3.63) is 56.6 Å². The van der Waals surface area contributed by atoms with E-state index >= 15 is 0 Å². The van der Waals surface area contributed by atoms with Crippen LogP contribution in [-0.2, 0) is 13.1 Å². The Bertz CT molecular complexity index is 1250. The van der Waals surface area contributed by atoms with Gasteiger partial charge in [0.2, 0.25) is 0 Å². The Morgan fingerprint density at radius 3 is 2.16 bits per heavy atom. The maximum absolute atomic E-state index is 13.6. The highest BCUT2D eigenvalue weighted by atomic mass is 16.5. The number of pyridine rings is 2. The fourth-order valence-corrected chi connectivity index (χ4v) is 3.77. The average molecular weight is 421 g/mol. The lowest BCUT2D eigenvalue weighted by molar-refractivity contribution is 0.415. The van der Waals surface area contributed by atoms with E-state index in [0.29, 0.717) is 29.9 Å². The van der Waals surface area contributed by atoms with Gasteiger partial charge in [-0.1, -0.05) is 26.7 Å². The number of rotatable bonds is 8. The topological polar surface area (TPSA) is 103 Å². The van der Waals surface area contributed by atoms with Crippen molar-refractivity contribution < 1.29 is 4.74 Å². The van der Waals surface area contributed by atoms with Crippen molar-refractivity contribution in [2.75, 3.05) is 12.8 Å². The lowest BCUT2D eigenvalue weighted by atomic mass is 10.0. The molecule has 1 aromatic carbocycles. The molecule has 0 amide bonds. The van der Waals surface area contributed by atoms with Crippen LogP contribution in [0.3, 0.4) is 0 Å². The minimum atomic E-state index is -0.452. The first-order valence-corrected chi connectivity index (χ1v) is 10.6. The number of benzene rings is 1. The zero-order valence-corrected chi connectivity index (χ0v) is 18.3. The summed E-state index contributed by atoms with van der Waals surface area (Å²) in [4.78, 5) is 26.6. The van der Waals surface area contributed by atoms with E-state index in [1.54, 1.807) is 17.7 Å². The van der Waals surface area contributed by atoms with E-state index < -0.39 is 5.56 Å². The second-order valence-electron chi connectivity index (χ2n) is 7.54. The number of hydrogen-bond donors (Lipinski definition) is 1. The molecule has 0 fully saturated rings. The van der Waals surface area contributed by atoms with Gasteiger partial charge in [-0.15, -0.1) is 0 Å². The molecule has 7 nitrogen and oxygen atoms in total. The lowest BCUT2D eigenvalue weighted by Gasteiger charge is -2.18. The van der Waals surface area contributed by atoms with Crippen LogP contribution in [0.2, 0.25) is 0 Å². The van der Waals surface area contributed by atoms with Gasteiger partial charge in [0.05, 0.1) is 18.2 Å². The predicted octanol–water partition coefficient (Wildman–Crippen LogP) is 3.89. The first-order valence-electron chi connectivity index (χ1n) is 10.6. The van der Waals surface area contributed by atoms with Gasteiger partial charge < -0.3 is 15.0 Å². The molecule has 3 rings (SSSR count). The first kappa shape index (κ1) is 22.2. The third-order valence-corrected chi connectivity index (χ3v) is 5.54.